The third kappa shape index (κ3) is 12.3. The summed E-state index contributed by atoms with van der Waals surface area (Å²) < 4.78 is 4.62. The predicted octanol–water partition coefficient (Wildman–Crippen LogP) is 1.92. The summed E-state index contributed by atoms with van der Waals surface area (Å²) in [6.45, 7) is 9.61. The first-order valence-electron chi connectivity index (χ1n) is 9.45. The maximum atomic E-state index is 12.0. The number of ether oxygens (including phenoxy) is 1. The van der Waals surface area contributed by atoms with Crippen molar-refractivity contribution in [1.82, 2.24) is 15.5 Å². The van der Waals surface area contributed by atoms with Gasteiger partial charge in [-0.3, -0.25) is 14.6 Å². The lowest BCUT2D eigenvalue weighted by Crippen LogP contribution is -2.40. The second-order valence-electron chi connectivity index (χ2n) is 5.74. The van der Waals surface area contributed by atoms with E-state index < -0.39 is 0 Å². The topological polar surface area (TPSA) is 83.0 Å². The van der Waals surface area contributed by atoms with Crippen molar-refractivity contribution >= 4 is 17.8 Å². The molecule has 0 spiro atoms. The highest BCUT2D eigenvalue weighted by Gasteiger charge is 2.09. The Bertz CT molecular complexity index is 396. The summed E-state index contributed by atoms with van der Waals surface area (Å²) in [6.07, 6.45) is 4.86. The lowest BCUT2D eigenvalue weighted by atomic mass is 10.1. The van der Waals surface area contributed by atoms with E-state index in [9.17, 15) is 9.59 Å². The van der Waals surface area contributed by atoms with Gasteiger partial charge in [0.05, 0.1) is 7.11 Å². The lowest BCUT2D eigenvalue weighted by molar-refractivity contribution is -0.140. The minimum Gasteiger partial charge on any atom is -0.469 e. The van der Waals surface area contributed by atoms with Crippen molar-refractivity contribution in [3.8, 4) is 0 Å². The third-order valence-electron chi connectivity index (χ3n) is 3.88. The van der Waals surface area contributed by atoms with Gasteiger partial charge in [0.15, 0.2) is 5.96 Å². The van der Waals surface area contributed by atoms with E-state index >= 15 is 0 Å². The molecule has 0 aliphatic heterocycles. The Hall–Kier alpha value is -1.79. The van der Waals surface area contributed by atoms with Gasteiger partial charge in [0, 0.05) is 45.6 Å². The van der Waals surface area contributed by atoms with Crippen molar-refractivity contribution in [3.05, 3.63) is 0 Å². The van der Waals surface area contributed by atoms with E-state index in [0.29, 0.717) is 19.4 Å². The third-order valence-corrected chi connectivity index (χ3v) is 3.88. The fourth-order valence-electron chi connectivity index (χ4n) is 2.39. The molecule has 2 N–H and O–H groups in total. The molecule has 0 bridgehead atoms. The number of carbonyl (C=O) groups is 2. The first kappa shape index (κ1) is 23.2. The van der Waals surface area contributed by atoms with Crippen LogP contribution in [-0.4, -0.2) is 62.6 Å². The maximum absolute atomic E-state index is 12.0. The number of esters is 1. The zero-order valence-electron chi connectivity index (χ0n) is 16.4. The van der Waals surface area contributed by atoms with Crippen LogP contribution >= 0.6 is 0 Å². The number of nitrogens with one attached hydrogen (secondary N) is 2. The van der Waals surface area contributed by atoms with Crippen molar-refractivity contribution in [2.45, 2.75) is 59.3 Å². The minimum atomic E-state index is -0.143. The van der Waals surface area contributed by atoms with Crippen LogP contribution in [0.4, 0.5) is 0 Å². The van der Waals surface area contributed by atoms with Crippen LogP contribution in [0, 0.1) is 0 Å². The fraction of sp³-hybridized carbons (Fsp3) is 0.833. The average molecular weight is 357 g/mol. The molecule has 0 aliphatic rings. The molecular formula is C18H36N4O3. The molecule has 0 aromatic carbocycles. The van der Waals surface area contributed by atoms with Crippen LogP contribution in [0.15, 0.2) is 4.99 Å². The molecule has 25 heavy (non-hydrogen) atoms. The highest BCUT2D eigenvalue weighted by atomic mass is 16.5. The molecule has 146 valence electrons. The van der Waals surface area contributed by atoms with Gasteiger partial charge in [0.25, 0.3) is 0 Å². The first-order valence-corrected chi connectivity index (χ1v) is 9.45. The van der Waals surface area contributed by atoms with E-state index in [4.69, 9.17) is 0 Å². The predicted molar refractivity (Wildman–Crippen MR) is 102 cm³/mol. The highest BCUT2D eigenvalue weighted by molar-refractivity contribution is 5.81. The standard InChI is InChI=1S/C18H36N4O3/c1-5-19-18(21-15-13-16(23)22(6-2)7-3)20-14-11-9-8-10-12-17(24)25-4/h5-15H2,1-4H3,(H2,19,20,21). The summed E-state index contributed by atoms with van der Waals surface area (Å²) >= 11 is 0. The van der Waals surface area contributed by atoms with E-state index in [1.165, 1.54) is 7.11 Å². The average Bonchev–Trinajstić information content (AvgIpc) is 2.61. The molecule has 0 heterocycles. The number of aliphatic imine (C=N–C) groups is 1. The molecule has 0 saturated heterocycles. The number of unbranched alkanes of at least 4 members (excludes halogenated alkanes) is 3. The molecule has 7 heteroatoms. The number of guanidine groups is 1. The minimum absolute atomic E-state index is 0.143. The molecule has 0 unspecified atom stereocenters. The van der Waals surface area contributed by atoms with E-state index in [1.807, 2.05) is 25.7 Å². The highest BCUT2D eigenvalue weighted by Crippen LogP contribution is 2.04. The van der Waals surface area contributed by atoms with Crippen LogP contribution in [0.3, 0.4) is 0 Å². The summed E-state index contributed by atoms with van der Waals surface area (Å²) in [5.41, 5.74) is 0. The SMILES string of the molecule is CCNC(=NCCCCCCC(=O)OC)NCCC(=O)N(CC)CC. The normalized spacial score (nSPS) is 11.1. The van der Waals surface area contributed by atoms with Crippen molar-refractivity contribution in [2.24, 2.45) is 4.99 Å². The maximum Gasteiger partial charge on any atom is 0.305 e. The van der Waals surface area contributed by atoms with Crippen molar-refractivity contribution in [1.29, 1.82) is 0 Å². The van der Waals surface area contributed by atoms with E-state index in [0.717, 1.165) is 57.8 Å². The molecule has 0 aromatic heterocycles. The van der Waals surface area contributed by atoms with Gasteiger partial charge in [0.2, 0.25) is 5.91 Å². The van der Waals surface area contributed by atoms with Gasteiger partial charge in [-0.25, -0.2) is 0 Å². The number of rotatable bonds is 13. The van der Waals surface area contributed by atoms with Crippen LogP contribution < -0.4 is 10.6 Å². The second kappa shape index (κ2) is 15.7. The molecular weight excluding hydrogens is 320 g/mol. The quantitative estimate of drug-likeness (QED) is 0.228. The van der Waals surface area contributed by atoms with Gasteiger partial charge in [0.1, 0.15) is 0 Å². The molecule has 7 nitrogen and oxygen atoms in total. The van der Waals surface area contributed by atoms with Crippen molar-refractivity contribution in [2.75, 3.05) is 39.8 Å². The summed E-state index contributed by atoms with van der Waals surface area (Å²) in [6, 6.07) is 0. The molecule has 0 aromatic rings. The number of methoxy groups -OCH3 is 1. The van der Waals surface area contributed by atoms with Crippen molar-refractivity contribution in [3.63, 3.8) is 0 Å². The Balaban J connectivity index is 3.97. The van der Waals surface area contributed by atoms with Crippen LogP contribution in [0.2, 0.25) is 0 Å². The van der Waals surface area contributed by atoms with E-state index in [1.54, 1.807) is 0 Å². The number of nitrogens with zero attached hydrogens (tertiary/aromatic N) is 2. The van der Waals surface area contributed by atoms with Gasteiger partial charge in [-0.2, -0.15) is 0 Å². The largest absolute Gasteiger partial charge is 0.469 e. The van der Waals surface area contributed by atoms with Crippen molar-refractivity contribution < 1.29 is 14.3 Å². The van der Waals surface area contributed by atoms with Crippen LogP contribution in [-0.2, 0) is 14.3 Å². The summed E-state index contributed by atoms with van der Waals surface area (Å²) in [7, 11) is 1.42. The van der Waals surface area contributed by atoms with Gasteiger partial charge in [-0.05, 0) is 33.6 Å². The Morgan fingerprint density at radius 1 is 0.960 bits per heavy atom. The molecule has 0 saturated carbocycles. The Morgan fingerprint density at radius 2 is 1.64 bits per heavy atom. The Kier molecular flexibility index (Phi) is 14.6. The van der Waals surface area contributed by atoms with Gasteiger partial charge < -0.3 is 20.3 Å². The van der Waals surface area contributed by atoms with Crippen LogP contribution in [0.25, 0.3) is 0 Å². The number of hydrogen-bond acceptors (Lipinski definition) is 4. The zero-order chi connectivity index (χ0) is 18.9. The fourth-order valence-corrected chi connectivity index (χ4v) is 2.39. The van der Waals surface area contributed by atoms with E-state index in [-0.39, 0.29) is 11.9 Å². The molecule has 0 rings (SSSR count). The summed E-state index contributed by atoms with van der Waals surface area (Å²) in [5, 5.41) is 6.40. The zero-order valence-corrected chi connectivity index (χ0v) is 16.4. The second-order valence-corrected chi connectivity index (χ2v) is 5.74. The molecule has 0 fully saturated rings. The van der Waals surface area contributed by atoms with Gasteiger partial charge in [-0.1, -0.05) is 12.8 Å². The van der Waals surface area contributed by atoms with Gasteiger partial charge in [-0.15, -0.1) is 0 Å². The monoisotopic (exact) mass is 356 g/mol. The summed E-state index contributed by atoms with van der Waals surface area (Å²) in [4.78, 5) is 29.3. The molecule has 0 radical (unpaired) electrons. The van der Waals surface area contributed by atoms with Crippen LogP contribution in [0.1, 0.15) is 59.3 Å². The lowest BCUT2D eigenvalue weighted by Gasteiger charge is -2.19. The Morgan fingerprint density at radius 3 is 2.24 bits per heavy atom. The molecule has 1 amide bonds. The first-order chi connectivity index (χ1) is 12.1. The molecule has 0 aliphatic carbocycles. The number of amides is 1. The van der Waals surface area contributed by atoms with Crippen LogP contribution in [0.5, 0.6) is 0 Å². The summed E-state index contributed by atoms with van der Waals surface area (Å²) in [5.74, 6) is 0.777. The Labute approximate surface area is 152 Å². The number of hydrogen-bond donors (Lipinski definition) is 2. The number of carbonyl (C=O) groups excluding carboxylic acids is 2. The van der Waals surface area contributed by atoms with E-state index in [2.05, 4.69) is 20.4 Å². The van der Waals surface area contributed by atoms with Gasteiger partial charge >= 0.3 is 5.97 Å². The smallest absolute Gasteiger partial charge is 0.305 e. The molecule has 0 atom stereocenters.